The van der Waals surface area contributed by atoms with Gasteiger partial charge in [-0.05, 0) is 142 Å². The first-order chi connectivity index (χ1) is 25.7. The molecule has 5 aliphatic rings. The molecular weight excluding hydrogens is 633 g/mol. The number of furan rings is 2. The summed E-state index contributed by atoms with van der Waals surface area (Å²) in [6.07, 6.45) is 6.69. The molecule has 5 aliphatic carbocycles. The van der Waals surface area contributed by atoms with Gasteiger partial charge in [0, 0.05) is 32.5 Å². The summed E-state index contributed by atoms with van der Waals surface area (Å²) in [6, 6.07) is 49.3. The quantitative estimate of drug-likeness (QED) is 0.183. The molecule has 4 saturated carbocycles. The van der Waals surface area contributed by atoms with Gasteiger partial charge in [-0.15, -0.1) is 0 Å². The molecule has 0 saturated heterocycles. The van der Waals surface area contributed by atoms with Gasteiger partial charge in [0.15, 0.2) is 0 Å². The topological polar surface area (TPSA) is 26.3 Å². The molecule has 9 aromatic rings. The number of hydrogen-bond donors (Lipinski definition) is 0. The summed E-state index contributed by atoms with van der Waals surface area (Å²) in [5.74, 6) is 2.90. The highest BCUT2D eigenvalue weighted by Gasteiger charge is 2.63. The van der Waals surface area contributed by atoms with Crippen molar-refractivity contribution in [3.63, 3.8) is 0 Å². The van der Waals surface area contributed by atoms with Crippen molar-refractivity contribution >= 4 is 54.6 Å². The molecular formula is C50H36O2. The molecule has 14 rings (SSSR count). The van der Waals surface area contributed by atoms with Crippen molar-refractivity contribution in [2.45, 2.75) is 37.5 Å². The van der Waals surface area contributed by atoms with Crippen LogP contribution in [0.3, 0.4) is 0 Å². The Morgan fingerprint density at radius 3 is 1.85 bits per heavy atom. The van der Waals surface area contributed by atoms with E-state index in [-0.39, 0.29) is 5.41 Å². The fourth-order valence-corrected chi connectivity index (χ4v) is 12.3. The Hall–Kier alpha value is -5.60. The lowest BCUT2D eigenvalue weighted by Gasteiger charge is -2.61. The molecule has 52 heavy (non-hydrogen) atoms. The normalized spacial score (nSPS) is 24.2. The van der Waals surface area contributed by atoms with Gasteiger partial charge in [-0.3, -0.25) is 0 Å². The number of fused-ring (bicyclic) bond motifs is 12. The van der Waals surface area contributed by atoms with Crippen LogP contribution < -0.4 is 0 Å². The van der Waals surface area contributed by atoms with Crippen LogP contribution in [-0.2, 0) is 5.41 Å². The van der Waals surface area contributed by atoms with Gasteiger partial charge >= 0.3 is 0 Å². The van der Waals surface area contributed by atoms with Gasteiger partial charge in [-0.2, -0.15) is 0 Å². The number of hydrogen-bond acceptors (Lipinski definition) is 2. The Morgan fingerprint density at radius 2 is 1.08 bits per heavy atom. The second-order valence-corrected chi connectivity index (χ2v) is 16.4. The first-order valence-electron chi connectivity index (χ1n) is 19.3. The third kappa shape index (κ3) is 3.46. The fourth-order valence-electron chi connectivity index (χ4n) is 12.3. The lowest BCUT2D eigenvalue weighted by atomic mass is 9.43. The van der Waals surface area contributed by atoms with Gasteiger partial charge in [-0.25, -0.2) is 0 Å². The second-order valence-electron chi connectivity index (χ2n) is 16.4. The predicted molar refractivity (Wildman–Crippen MR) is 213 cm³/mol. The Labute approximate surface area is 301 Å². The van der Waals surface area contributed by atoms with Gasteiger partial charge in [-0.1, -0.05) is 97.1 Å². The Kier molecular flexibility index (Phi) is 5.30. The maximum absolute atomic E-state index is 7.24. The zero-order valence-corrected chi connectivity index (χ0v) is 28.9. The summed E-state index contributed by atoms with van der Waals surface area (Å²) in [5.41, 5.74) is 14.7. The first kappa shape index (κ1) is 28.0. The Morgan fingerprint density at radius 1 is 0.423 bits per heavy atom. The van der Waals surface area contributed by atoms with E-state index in [9.17, 15) is 0 Å². The SMILES string of the molecule is c1ccc(-c2ccc3ccc(-c4cc5c(c6oc7ccccc7c46)C4(c6c-5ccc5oc7ccccc7c65)C5CC6CC(C5)CC4C6)cc3c2)cc1. The molecule has 0 unspecified atom stereocenters. The highest BCUT2D eigenvalue weighted by molar-refractivity contribution is 6.19. The minimum Gasteiger partial charge on any atom is -0.456 e. The van der Waals surface area contributed by atoms with Crippen molar-refractivity contribution in [3.8, 4) is 33.4 Å². The van der Waals surface area contributed by atoms with Crippen LogP contribution in [0.15, 0.2) is 142 Å². The van der Waals surface area contributed by atoms with Crippen LogP contribution in [0.2, 0.25) is 0 Å². The maximum atomic E-state index is 7.24. The van der Waals surface area contributed by atoms with E-state index in [1.807, 2.05) is 0 Å². The predicted octanol–water partition coefficient (Wildman–Crippen LogP) is 13.7. The maximum Gasteiger partial charge on any atom is 0.140 e. The molecule has 1 spiro atoms. The van der Waals surface area contributed by atoms with Gasteiger partial charge in [0.1, 0.15) is 22.3 Å². The summed E-state index contributed by atoms with van der Waals surface area (Å²) in [4.78, 5) is 0. The second kappa shape index (κ2) is 9.83. The zero-order valence-electron chi connectivity index (χ0n) is 28.9. The molecule has 0 amide bonds. The van der Waals surface area contributed by atoms with E-state index in [0.29, 0.717) is 11.8 Å². The third-order valence-corrected chi connectivity index (χ3v) is 14.0. The van der Waals surface area contributed by atoms with Crippen LogP contribution >= 0.6 is 0 Å². The van der Waals surface area contributed by atoms with Gasteiger partial charge in [0.2, 0.25) is 0 Å². The van der Waals surface area contributed by atoms with E-state index in [2.05, 4.69) is 133 Å². The summed E-state index contributed by atoms with van der Waals surface area (Å²) >= 11 is 0. The minimum atomic E-state index is -0.0944. The van der Waals surface area contributed by atoms with Crippen molar-refractivity contribution in [1.29, 1.82) is 0 Å². The van der Waals surface area contributed by atoms with Crippen molar-refractivity contribution < 1.29 is 8.83 Å². The average Bonchev–Trinajstić information content (AvgIpc) is 3.85. The van der Waals surface area contributed by atoms with Crippen LogP contribution in [0.25, 0.3) is 88.0 Å². The molecule has 7 aromatic carbocycles. The largest absolute Gasteiger partial charge is 0.456 e. The Balaban J connectivity index is 1.16. The first-order valence-corrected chi connectivity index (χ1v) is 19.3. The van der Waals surface area contributed by atoms with E-state index in [0.717, 1.165) is 34.2 Å². The van der Waals surface area contributed by atoms with Crippen LogP contribution in [0, 0.1) is 23.7 Å². The monoisotopic (exact) mass is 668 g/mol. The standard InChI is InChI=1S/C50H36O2/c1-2-8-30(9-3-1)32-16-14-31-15-17-33(26-34(31)25-32)40-27-41-37-18-19-44-46(39-11-5-6-12-42(39)51-44)47(37)50(35-21-28-20-29(23-35)24-36(50)22-28)48(41)49-45(40)38-10-4-7-13-43(38)52-49/h1-19,25-29,35-36H,20-24H2. The lowest BCUT2D eigenvalue weighted by Crippen LogP contribution is -2.55. The summed E-state index contributed by atoms with van der Waals surface area (Å²) < 4.78 is 13.9. The van der Waals surface area contributed by atoms with Crippen LogP contribution in [0.5, 0.6) is 0 Å². The number of benzene rings is 7. The van der Waals surface area contributed by atoms with Gasteiger partial charge in [0.25, 0.3) is 0 Å². The fraction of sp³-hybridized carbons (Fsp3) is 0.200. The Bertz CT molecular complexity index is 2950. The summed E-state index contributed by atoms with van der Waals surface area (Å²) in [7, 11) is 0. The molecule has 0 N–H and O–H groups in total. The van der Waals surface area contributed by atoms with E-state index >= 15 is 0 Å². The van der Waals surface area contributed by atoms with E-state index in [1.54, 1.807) is 0 Å². The zero-order chi connectivity index (χ0) is 33.7. The molecule has 0 atom stereocenters. The van der Waals surface area contributed by atoms with Gasteiger partial charge in [0.05, 0.1) is 0 Å². The van der Waals surface area contributed by atoms with Crippen molar-refractivity contribution in [3.05, 3.63) is 145 Å². The van der Waals surface area contributed by atoms with Crippen LogP contribution in [0.1, 0.15) is 43.2 Å². The van der Waals surface area contributed by atoms with Crippen molar-refractivity contribution in [1.82, 2.24) is 0 Å². The van der Waals surface area contributed by atoms with Gasteiger partial charge < -0.3 is 8.83 Å². The summed E-state index contributed by atoms with van der Waals surface area (Å²) in [5, 5.41) is 7.57. The smallest absolute Gasteiger partial charge is 0.140 e. The molecule has 4 fully saturated rings. The molecule has 248 valence electrons. The minimum absolute atomic E-state index is 0.0944. The van der Waals surface area contributed by atoms with Crippen LogP contribution in [0.4, 0.5) is 0 Å². The third-order valence-electron chi connectivity index (χ3n) is 14.0. The van der Waals surface area contributed by atoms with Crippen molar-refractivity contribution in [2.24, 2.45) is 23.7 Å². The van der Waals surface area contributed by atoms with E-state index in [1.165, 1.54) is 109 Å². The van der Waals surface area contributed by atoms with E-state index < -0.39 is 0 Å². The summed E-state index contributed by atoms with van der Waals surface area (Å²) in [6.45, 7) is 0. The molecule has 2 heterocycles. The average molecular weight is 669 g/mol. The molecule has 2 aromatic heterocycles. The van der Waals surface area contributed by atoms with Crippen LogP contribution in [-0.4, -0.2) is 0 Å². The highest BCUT2D eigenvalue weighted by atomic mass is 16.3. The lowest BCUT2D eigenvalue weighted by molar-refractivity contribution is -0.0390. The van der Waals surface area contributed by atoms with Crippen molar-refractivity contribution in [2.75, 3.05) is 0 Å². The molecule has 2 nitrogen and oxygen atoms in total. The molecule has 4 bridgehead atoms. The molecule has 0 radical (unpaired) electrons. The highest BCUT2D eigenvalue weighted by Crippen LogP contribution is 2.72. The molecule has 0 aliphatic heterocycles. The molecule has 2 heteroatoms. The number of para-hydroxylation sites is 2. The van der Waals surface area contributed by atoms with E-state index in [4.69, 9.17) is 8.83 Å². The number of rotatable bonds is 2.